The van der Waals surface area contributed by atoms with Gasteiger partial charge >= 0.3 is 0 Å². The Kier molecular flexibility index (Phi) is 4.39. The molecule has 1 heterocycles. The molecule has 2 N–H and O–H groups in total. The van der Waals surface area contributed by atoms with Gasteiger partial charge in [-0.15, -0.1) is 0 Å². The Bertz CT molecular complexity index is 409. The van der Waals surface area contributed by atoms with Crippen LogP contribution in [-0.2, 0) is 10.8 Å². The molecule has 0 spiro atoms. The third-order valence-electron chi connectivity index (χ3n) is 2.56. The molecule has 1 atom stereocenters. The zero-order chi connectivity index (χ0) is 12.1. The summed E-state index contributed by atoms with van der Waals surface area (Å²) < 4.78 is 22.9. The van der Waals surface area contributed by atoms with E-state index in [1.54, 1.807) is 0 Å². The predicted octanol–water partition coefficient (Wildman–Crippen LogP) is 1.30. The Morgan fingerprint density at radius 1 is 1.18 bits per heavy atom. The van der Waals surface area contributed by atoms with Crippen molar-refractivity contribution in [2.24, 2.45) is 5.73 Å². The fourth-order valence-electron chi connectivity index (χ4n) is 1.66. The Hall–Kier alpha value is -1.07. The average Bonchev–Trinajstić information content (AvgIpc) is 2.38. The molecule has 1 aromatic carbocycles. The second kappa shape index (κ2) is 6.02. The second-order valence-electron chi connectivity index (χ2n) is 3.85. The average molecular weight is 255 g/mol. The Labute approximate surface area is 104 Å². The highest BCUT2D eigenvalue weighted by Gasteiger charge is 2.13. The first-order chi connectivity index (χ1) is 8.31. The molecule has 2 rings (SSSR count). The Morgan fingerprint density at radius 3 is 2.71 bits per heavy atom. The van der Waals surface area contributed by atoms with E-state index in [2.05, 4.69) is 0 Å². The summed E-state index contributed by atoms with van der Waals surface area (Å²) in [5, 5.41) is 0. The van der Waals surface area contributed by atoms with Crippen LogP contribution in [0.15, 0.2) is 23.1 Å². The molecule has 0 aromatic heterocycles. The van der Waals surface area contributed by atoms with Gasteiger partial charge in [0.1, 0.15) is 13.2 Å². The van der Waals surface area contributed by atoms with E-state index in [0.29, 0.717) is 31.3 Å². The van der Waals surface area contributed by atoms with Crippen molar-refractivity contribution < 1.29 is 13.7 Å². The second-order valence-corrected chi connectivity index (χ2v) is 5.42. The maximum Gasteiger partial charge on any atom is 0.162 e. The van der Waals surface area contributed by atoms with Crippen LogP contribution in [0.4, 0.5) is 0 Å². The van der Waals surface area contributed by atoms with E-state index in [-0.39, 0.29) is 0 Å². The van der Waals surface area contributed by atoms with E-state index < -0.39 is 10.8 Å². The van der Waals surface area contributed by atoms with Crippen molar-refractivity contribution in [3.8, 4) is 11.5 Å². The molecule has 1 aromatic rings. The SMILES string of the molecule is NCCCCS(=O)c1ccc2c(c1)OCCO2. The molecule has 0 bridgehead atoms. The predicted molar refractivity (Wildman–Crippen MR) is 67.0 cm³/mol. The summed E-state index contributed by atoms with van der Waals surface area (Å²) in [6, 6.07) is 5.48. The van der Waals surface area contributed by atoms with Crippen molar-refractivity contribution in [2.75, 3.05) is 25.5 Å². The Morgan fingerprint density at radius 2 is 1.94 bits per heavy atom. The molecule has 17 heavy (non-hydrogen) atoms. The van der Waals surface area contributed by atoms with Crippen molar-refractivity contribution in [2.45, 2.75) is 17.7 Å². The smallest absolute Gasteiger partial charge is 0.162 e. The van der Waals surface area contributed by atoms with Crippen LogP contribution in [0.5, 0.6) is 11.5 Å². The highest BCUT2D eigenvalue weighted by molar-refractivity contribution is 7.85. The van der Waals surface area contributed by atoms with Gasteiger partial charge < -0.3 is 15.2 Å². The molecule has 5 heteroatoms. The van der Waals surface area contributed by atoms with Crippen LogP contribution in [0.25, 0.3) is 0 Å². The zero-order valence-electron chi connectivity index (χ0n) is 9.69. The van der Waals surface area contributed by atoms with Crippen LogP contribution < -0.4 is 15.2 Å². The topological polar surface area (TPSA) is 61.6 Å². The van der Waals surface area contributed by atoms with E-state index in [0.717, 1.165) is 23.5 Å². The highest BCUT2D eigenvalue weighted by Crippen LogP contribution is 2.31. The third kappa shape index (κ3) is 3.20. The first-order valence-electron chi connectivity index (χ1n) is 5.79. The number of unbranched alkanes of at least 4 members (excludes halogenated alkanes) is 1. The largest absolute Gasteiger partial charge is 0.486 e. The monoisotopic (exact) mass is 255 g/mol. The minimum atomic E-state index is -0.974. The van der Waals surface area contributed by atoms with Gasteiger partial charge in [0.05, 0.1) is 10.8 Å². The Balaban J connectivity index is 2.03. The number of hydrogen-bond donors (Lipinski definition) is 1. The van der Waals surface area contributed by atoms with Crippen molar-refractivity contribution in [3.63, 3.8) is 0 Å². The van der Waals surface area contributed by atoms with Crippen LogP contribution in [0.1, 0.15) is 12.8 Å². The van der Waals surface area contributed by atoms with Crippen molar-refractivity contribution in [3.05, 3.63) is 18.2 Å². The van der Waals surface area contributed by atoms with Crippen molar-refractivity contribution in [1.82, 2.24) is 0 Å². The molecule has 1 aliphatic heterocycles. The normalized spacial score (nSPS) is 15.6. The minimum Gasteiger partial charge on any atom is -0.486 e. The van der Waals surface area contributed by atoms with Gasteiger partial charge in [-0.05, 0) is 31.5 Å². The van der Waals surface area contributed by atoms with Crippen LogP contribution in [0, 0.1) is 0 Å². The van der Waals surface area contributed by atoms with Crippen LogP contribution in [0.2, 0.25) is 0 Å². The number of rotatable bonds is 5. The molecular formula is C12H17NO3S. The zero-order valence-corrected chi connectivity index (χ0v) is 10.5. The quantitative estimate of drug-likeness (QED) is 0.806. The van der Waals surface area contributed by atoms with Crippen LogP contribution >= 0.6 is 0 Å². The van der Waals surface area contributed by atoms with E-state index in [1.807, 2.05) is 18.2 Å². The van der Waals surface area contributed by atoms with Gasteiger partial charge in [0.15, 0.2) is 11.5 Å². The van der Waals surface area contributed by atoms with Gasteiger partial charge in [-0.2, -0.15) is 0 Å². The van der Waals surface area contributed by atoms with Crippen molar-refractivity contribution >= 4 is 10.8 Å². The highest BCUT2D eigenvalue weighted by atomic mass is 32.2. The van der Waals surface area contributed by atoms with Crippen LogP contribution in [-0.4, -0.2) is 29.7 Å². The molecule has 0 amide bonds. The van der Waals surface area contributed by atoms with E-state index in [9.17, 15) is 4.21 Å². The fraction of sp³-hybridized carbons (Fsp3) is 0.500. The summed E-state index contributed by atoms with van der Waals surface area (Å²) in [7, 11) is -0.974. The van der Waals surface area contributed by atoms with E-state index >= 15 is 0 Å². The first kappa shape index (κ1) is 12.4. The molecule has 0 saturated carbocycles. The summed E-state index contributed by atoms with van der Waals surface area (Å²) in [6.07, 6.45) is 1.80. The maximum absolute atomic E-state index is 12.0. The molecule has 0 aliphatic carbocycles. The number of nitrogens with two attached hydrogens (primary N) is 1. The molecule has 0 fully saturated rings. The molecule has 1 unspecified atom stereocenters. The van der Waals surface area contributed by atoms with Gasteiger partial charge in [-0.3, -0.25) is 4.21 Å². The molecule has 0 saturated heterocycles. The van der Waals surface area contributed by atoms with Gasteiger partial charge in [-0.1, -0.05) is 0 Å². The van der Waals surface area contributed by atoms with E-state index in [4.69, 9.17) is 15.2 Å². The lowest BCUT2D eigenvalue weighted by atomic mass is 10.3. The molecule has 1 aliphatic rings. The maximum atomic E-state index is 12.0. The number of hydrogen-bond acceptors (Lipinski definition) is 4. The standard InChI is InChI=1S/C12H17NO3S/c13-5-1-2-8-17(14)10-3-4-11-12(9-10)16-7-6-15-11/h3-4,9H,1-2,5-8,13H2. The summed E-state index contributed by atoms with van der Waals surface area (Å²) in [6.45, 7) is 1.78. The minimum absolute atomic E-state index is 0.552. The van der Waals surface area contributed by atoms with E-state index in [1.165, 1.54) is 0 Å². The lowest BCUT2D eigenvalue weighted by Gasteiger charge is -2.18. The number of fused-ring (bicyclic) bond motifs is 1. The fourth-order valence-corrected chi connectivity index (χ4v) is 2.82. The van der Waals surface area contributed by atoms with Gasteiger partial charge in [0.25, 0.3) is 0 Å². The molecular weight excluding hydrogens is 238 g/mol. The number of benzene rings is 1. The first-order valence-corrected chi connectivity index (χ1v) is 7.11. The molecule has 94 valence electrons. The lowest BCUT2D eigenvalue weighted by Crippen LogP contribution is -2.15. The van der Waals surface area contributed by atoms with Crippen molar-refractivity contribution in [1.29, 1.82) is 0 Å². The van der Waals surface area contributed by atoms with Gasteiger partial charge in [-0.25, -0.2) is 0 Å². The summed E-state index contributed by atoms with van der Waals surface area (Å²) in [4.78, 5) is 0.797. The van der Waals surface area contributed by atoms with Gasteiger partial charge in [0.2, 0.25) is 0 Å². The summed E-state index contributed by atoms with van der Waals surface area (Å²) in [5.74, 6) is 2.08. The van der Waals surface area contributed by atoms with Gasteiger partial charge in [0, 0.05) is 16.7 Å². The summed E-state index contributed by atoms with van der Waals surface area (Å²) >= 11 is 0. The summed E-state index contributed by atoms with van der Waals surface area (Å²) in [5.41, 5.74) is 5.41. The number of ether oxygens (including phenoxy) is 2. The third-order valence-corrected chi connectivity index (χ3v) is 4.00. The molecule has 0 radical (unpaired) electrons. The molecule has 4 nitrogen and oxygen atoms in total. The lowest BCUT2D eigenvalue weighted by molar-refractivity contribution is 0.171. The van der Waals surface area contributed by atoms with Crippen LogP contribution in [0.3, 0.4) is 0 Å².